The Morgan fingerprint density at radius 2 is 1.33 bits per heavy atom. The molecule has 3 rings (SSSR count). The first kappa shape index (κ1) is 14.0. The highest BCUT2D eigenvalue weighted by molar-refractivity contribution is 6.00. The number of aryl methyl sites for hydroxylation is 1. The molecule has 0 atom stereocenters. The molecule has 0 saturated carbocycles. The SMILES string of the molecule is C[n+]1cc(C2=NC(C)(C)CO2)cc(C2=NC(C)(C)CO2)c1. The molecule has 0 fully saturated rings. The van der Waals surface area contributed by atoms with Gasteiger partial charge in [0.25, 0.3) is 0 Å². The normalized spacial score (nSPS) is 22.3. The first-order valence-electron chi connectivity index (χ1n) is 7.21. The predicted molar refractivity (Wildman–Crippen MR) is 80.8 cm³/mol. The summed E-state index contributed by atoms with van der Waals surface area (Å²) in [6, 6.07) is 2.03. The third kappa shape index (κ3) is 2.91. The van der Waals surface area contributed by atoms with E-state index in [1.165, 1.54) is 0 Å². The number of aromatic nitrogens is 1. The van der Waals surface area contributed by atoms with Gasteiger partial charge in [0.15, 0.2) is 12.4 Å². The van der Waals surface area contributed by atoms with Gasteiger partial charge in [-0.25, -0.2) is 14.6 Å². The van der Waals surface area contributed by atoms with Crippen LogP contribution in [0.4, 0.5) is 0 Å². The minimum absolute atomic E-state index is 0.159. The van der Waals surface area contributed by atoms with E-state index in [1.54, 1.807) is 0 Å². The van der Waals surface area contributed by atoms with Crippen LogP contribution in [0.1, 0.15) is 38.8 Å². The Morgan fingerprint density at radius 3 is 1.67 bits per heavy atom. The molecule has 2 aliphatic heterocycles. The Bertz CT molecular complexity index is 593. The highest BCUT2D eigenvalue weighted by Gasteiger charge is 2.31. The first-order chi connectivity index (χ1) is 9.74. The van der Waals surface area contributed by atoms with Crippen molar-refractivity contribution in [2.45, 2.75) is 38.8 Å². The average Bonchev–Trinajstić information content (AvgIpc) is 2.91. The molecule has 1 aromatic rings. The molecule has 0 radical (unpaired) electrons. The van der Waals surface area contributed by atoms with Gasteiger partial charge in [-0.15, -0.1) is 0 Å². The molecule has 1 aromatic heterocycles. The minimum atomic E-state index is -0.159. The van der Waals surface area contributed by atoms with Gasteiger partial charge < -0.3 is 9.47 Å². The van der Waals surface area contributed by atoms with E-state index in [9.17, 15) is 0 Å². The number of hydrogen-bond donors (Lipinski definition) is 0. The van der Waals surface area contributed by atoms with Crippen molar-refractivity contribution in [2.75, 3.05) is 13.2 Å². The lowest BCUT2D eigenvalue weighted by Crippen LogP contribution is -2.30. The van der Waals surface area contributed by atoms with Crippen molar-refractivity contribution >= 4 is 11.8 Å². The number of aliphatic imine (C=N–C) groups is 2. The highest BCUT2D eigenvalue weighted by atomic mass is 16.5. The summed E-state index contributed by atoms with van der Waals surface area (Å²) >= 11 is 0. The van der Waals surface area contributed by atoms with E-state index < -0.39 is 0 Å². The van der Waals surface area contributed by atoms with E-state index in [-0.39, 0.29) is 11.1 Å². The third-order valence-electron chi connectivity index (χ3n) is 3.42. The quantitative estimate of drug-likeness (QED) is 0.776. The summed E-state index contributed by atoms with van der Waals surface area (Å²) < 4.78 is 13.4. The molecule has 0 unspecified atom stereocenters. The summed E-state index contributed by atoms with van der Waals surface area (Å²) in [6.07, 6.45) is 4.01. The van der Waals surface area contributed by atoms with Gasteiger partial charge in [-0.1, -0.05) is 0 Å². The Morgan fingerprint density at radius 1 is 0.905 bits per heavy atom. The van der Waals surface area contributed by atoms with E-state index in [0.717, 1.165) is 11.1 Å². The largest absolute Gasteiger partial charge is 0.475 e. The van der Waals surface area contributed by atoms with Gasteiger partial charge in [0, 0.05) is 0 Å². The molecule has 3 heterocycles. The Balaban J connectivity index is 1.99. The third-order valence-corrected chi connectivity index (χ3v) is 3.42. The second-order valence-corrected chi connectivity index (χ2v) is 7.01. The summed E-state index contributed by atoms with van der Waals surface area (Å²) in [7, 11) is 1.98. The van der Waals surface area contributed by atoms with E-state index in [0.29, 0.717) is 25.0 Å². The van der Waals surface area contributed by atoms with Crippen LogP contribution < -0.4 is 4.57 Å². The molecule has 0 N–H and O–H groups in total. The fourth-order valence-electron chi connectivity index (χ4n) is 2.42. The van der Waals surface area contributed by atoms with Crippen LogP contribution in [0.5, 0.6) is 0 Å². The van der Waals surface area contributed by atoms with Crippen LogP contribution in [0.15, 0.2) is 28.4 Å². The van der Waals surface area contributed by atoms with E-state index >= 15 is 0 Å². The van der Waals surface area contributed by atoms with E-state index in [4.69, 9.17) is 9.47 Å². The van der Waals surface area contributed by atoms with Crippen LogP contribution in [-0.4, -0.2) is 36.1 Å². The van der Waals surface area contributed by atoms with Crippen molar-refractivity contribution in [3.8, 4) is 0 Å². The minimum Gasteiger partial charge on any atom is -0.475 e. The molecule has 0 amide bonds. The molecule has 5 heteroatoms. The van der Waals surface area contributed by atoms with Gasteiger partial charge in [-0.2, -0.15) is 0 Å². The van der Waals surface area contributed by atoms with Crippen LogP contribution in [0, 0.1) is 0 Å². The maximum absolute atomic E-state index is 5.72. The number of nitrogens with zero attached hydrogens (tertiary/aromatic N) is 3. The average molecular weight is 288 g/mol. The number of ether oxygens (including phenoxy) is 2. The zero-order chi connectivity index (χ0) is 15.3. The maximum atomic E-state index is 5.72. The van der Waals surface area contributed by atoms with E-state index in [1.807, 2.05) is 30.1 Å². The highest BCUT2D eigenvalue weighted by Crippen LogP contribution is 2.23. The Hall–Kier alpha value is -1.91. The molecular weight excluding hydrogens is 266 g/mol. The lowest BCUT2D eigenvalue weighted by Gasteiger charge is -2.07. The van der Waals surface area contributed by atoms with Crippen LogP contribution in [-0.2, 0) is 16.5 Å². The van der Waals surface area contributed by atoms with Crippen molar-refractivity contribution in [1.29, 1.82) is 0 Å². The molecular formula is C16H22N3O2+. The lowest BCUT2D eigenvalue weighted by molar-refractivity contribution is -0.671. The summed E-state index contributed by atoms with van der Waals surface area (Å²) in [6.45, 7) is 9.49. The summed E-state index contributed by atoms with van der Waals surface area (Å²) in [5, 5.41) is 0. The van der Waals surface area contributed by atoms with Crippen LogP contribution >= 0.6 is 0 Å². The standard InChI is InChI=1S/C16H22N3O2/c1-15(2)9-20-13(17-15)11-6-12(8-19(5)7-11)14-18-16(3,4)10-21-14/h6-8H,9-10H2,1-5H3/q+1. The molecule has 0 bridgehead atoms. The first-order valence-corrected chi connectivity index (χ1v) is 7.21. The fraction of sp³-hybridized carbons (Fsp3) is 0.562. The second-order valence-electron chi connectivity index (χ2n) is 7.01. The number of pyridine rings is 1. The maximum Gasteiger partial charge on any atom is 0.222 e. The van der Waals surface area contributed by atoms with Crippen LogP contribution in [0.3, 0.4) is 0 Å². The van der Waals surface area contributed by atoms with Crippen molar-refractivity contribution in [3.63, 3.8) is 0 Å². The molecule has 21 heavy (non-hydrogen) atoms. The fourth-order valence-corrected chi connectivity index (χ4v) is 2.42. The summed E-state index contributed by atoms with van der Waals surface area (Å²) in [5.74, 6) is 1.38. The lowest BCUT2D eigenvalue weighted by atomic mass is 10.1. The topological polar surface area (TPSA) is 47.1 Å². The van der Waals surface area contributed by atoms with Gasteiger partial charge in [0.05, 0.1) is 11.1 Å². The molecule has 0 aromatic carbocycles. The van der Waals surface area contributed by atoms with Gasteiger partial charge in [0.2, 0.25) is 11.8 Å². The second kappa shape index (κ2) is 4.55. The molecule has 0 saturated heterocycles. The smallest absolute Gasteiger partial charge is 0.222 e. The molecule has 5 nitrogen and oxygen atoms in total. The van der Waals surface area contributed by atoms with Crippen molar-refractivity contribution < 1.29 is 14.0 Å². The molecule has 2 aliphatic rings. The zero-order valence-corrected chi connectivity index (χ0v) is 13.3. The number of rotatable bonds is 2. The van der Waals surface area contributed by atoms with Crippen molar-refractivity contribution in [3.05, 3.63) is 29.6 Å². The Kier molecular flexibility index (Phi) is 3.04. The van der Waals surface area contributed by atoms with Gasteiger partial charge >= 0.3 is 0 Å². The van der Waals surface area contributed by atoms with Gasteiger partial charge in [-0.05, 0) is 33.8 Å². The van der Waals surface area contributed by atoms with Crippen molar-refractivity contribution in [1.82, 2.24) is 0 Å². The van der Waals surface area contributed by atoms with Gasteiger partial charge in [-0.3, -0.25) is 0 Å². The zero-order valence-electron chi connectivity index (χ0n) is 13.3. The summed E-state index contributed by atoms with van der Waals surface area (Å²) in [5.41, 5.74) is 1.59. The number of hydrogen-bond acceptors (Lipinski definition) is 4. The van der Waals surface area contributed by atoms with E-state index in [2.05, 4.69) is 37.7 Å². The predicted octanol–water partition coefficient (Wildman–Crippen LogP) is 1.62. The van der Waals surface area contributed by atoms with Crippen molar-refractivity contribution in [2.24, 2.45) is 17.0 Å². The Labute approximate surface area is 125 Å². The molecule has 112 valence electrons. The van der Waals surface area contributed by atoms with Crippen LogP contribution in [0.2, 0.25) is 0 Å². The monoisotopic (exact) mass is 288 g/mol. The van der Waals surface area contributed by atoms with Crippen LogP contribution in [0.25, 0.3) is 0 Å². The van der Waals surface area contributed by atoms with Gasteiger partial charge in [0.1, 0.15) is 31.4 Å². The summed E-state index contributed by atoms with van der Waals surface area (Å²) in [4.78, 5) is 9.26. The molecule has 0 spiro atoms. The molecule has 0 aliphatic carbocycles.